The van der Waals surface area contributed by atoms with Crippen LogP contribution in [0.3, 0.4) is 0 Å². The quantitative estimate of drug-likeness (QED) is 0.513. The number of phenols is 1. The fourth-order valence-electron chi connectivity index (χ4n) is 5.71. The van der Waals surface area contributed by atoms with Gasteiger partial charge in [-0.3, -0.25) is 4.79 Å². The van der Waals surface area contributed by atoms with E-state index in [0.717, 1.165) is 43.1 Å². The lowest BCUT2D eigenvalue weighted by atomic mass is 9.62. The molecule has 5 heteroatoms. The Morgan fingerprint density at radius 1 is 1.37 bits per heavy atom. The first-order valence-electron chi connectivity index (χ1n) is 11.0. The molecule has 1 aromatic carbocycles. The van der Waals surface area contributed by atoms with E-state index in [9.17, 15) is 9.90 Å². The van der Waals surface area contributed by atoms with Crippen LogP contribution in [-0.4, -0.2) is 35.3 Å². The van der Waals surface area contributed by atoms with Crippen LogP contribution >= 0.6 is 0 Å². The van der Waals surface area contributed by atoms with Gasteiger partial charge in [0.05, 0.1) is 5.92 Å². The van der Waals surface area contributed by atoms with Gasteiger partial charge in [0.2, 0.25) is 0 Å². The van der Waals surface area contributed by atoms with E-state index in [4.69, 9.17) is 4.74 Å². The average molecular weight is 407 g/mol. The molecule has 5 rings (SSSR count). The van der Waals surface area contributed by atoms with Gasteiger partial charge in [-0.1, -0.05) is 24.6 Å². The van der Waals surface area contributed by atoms with Crippen molar-refractivity contribution in [3.63, 3.8) is 0 Å². The molecule has 1 saturated heterocycles. The summed E-state index contributed by atoms with van der Waals surface area (Å²) in [4.78, 5) is 15.9. The van der Waals surface area contributed by atoms with Crippen molar-refractivity contribution < 1.29 is 14.6 Å². The molecule has 0 spiro atoms. The zero-order valence-electron chi connectivity index (χ0n) is 17.7. The Kier molecular flexibility index (Phi) is 4.73. The van der Waals surface area contributed by atoms with Crippen LogP contribution in [-0.2, 0) is 16.0 Å². The molecule has 0 saturated carbocycles. The molecule has 1 aliphatic heterocycles. The van der Waals surface area contributed by atoms with E-state index in [1.165, 1.54) is 16.7 Å². The van der Waals surface area contributed by atoms with Gasteiger partial charge in [0.15, 0.2) is 0 Å². The highest BCUT2D eigenvalue weighted by Crippen LogP contribution is 2.52. The molecule has 3 aliphatic rings. The molecule has 0 amide bonds. The number of fused-ring (bicyclic) bond motifs is 3. The van der Waals surface area contributed by atoms with Gasteiger partial charge < -0.3 is 20.1 Å². The molecule has 158 valence electrons. The van der Waals surface area contributed by atoms with Gasteiger partial charge in [0.1, 0.15) is 11.9 Å². The van der Waals surface area contributed by atoms with Crippen LogP contribution in [0.1, 0.15) is 38.7 Å². The van der Waals surface area contributed by atoms with E-state index in [1.807, 2.05) is 12.3 Å². The second-order valence-electron chi connectivity index (χ2n) is 9.43. The monoisotopic (exact) mass is 406 g/mol. The maximum Gasteiger partial charge on any atom is 0.311 e. The number of hydrogen-bond acceptors (Lipinski definition) is 4. The summed E-state index contributed by atoms with van der Waals surface area (Å²) in [5.41, 5.74) is 5.13. The van der Waals surface area contributed by atoms with Gasteiger partial charge in [0, 0.05) is 29.6 Å². The lowest BCUT2D eigenvalue weighted by molar-refractivity contribution is -0.145. The number of carbonyl (C=O) groups is 1. The smallest absolute Gasteiger partial charge is 0.311 e. The highest BCUT2D eigenvalue weighted by atomic mass is 16.6. The number of aromatic amines is 1. The first kappa shape index (κ1) is 19.4. The van der Waals surface area contributed by atoms with Crippen molar-refractivity contribution >= 4 is 16.9 Å². The number of esters is 1. The van der Waals surface area contributed by atoms with Gasteiger partial charge >= 0.3 is 5.97 Å². The number of rotatable bonds is 5. The Morgan fingerprint density at radius 2 is 2.23 bits per heavy atom. The molecule has 4 atom stereocenters. The van der Waals surface area contributed by atoms with E-state index in [2.05, 4.69) is 36.3 Å². The van der Waals surface area contributed by atoms with Crippen molar-refractivity contribution in [2.75, 3.05) is 13.1 Å². The number of carbonyl (C=O) groups excluding carboxylic acids is 1. The minimum atomic E-state index is -0.117. The molecule has 3 N–H and O–H groups in total. The third kappa shape index (κ3) is 3.25. The third-order valence-corrected chi connectivity index (χ3v) is 7.38. The summed E-state index contributed by atoms with van der Waals surface area (Å²) in [6.45, 7) is 5.94. The molecule has 30 heavy (non-hydrogen) atoms. The number of aromatic hydroxyl groups is 1. The average Bonchev–Trinajstić information content (AvgIpc) is 3.23. The predicted molar refractivity (Wildman–Crippen MR) is 117 cm³/mol. The van der Waals surface area contributed by atoms with Crippen LogP contribution in [0.5, 0.6) is 5.75 Å². The molecule has 1 fully saturated rings. The summed E-state index contributed by atoms with van der Waals surface area (Å²) in [6, 6.07) is 5.38. The number of phenolic OH excluding ortho intramolecular Hbond substituents is 1. The highest BCUT2D eigenvalue weighted by Gasteiger charge is 2.50. The Labute approximate surface area is 177 Å². The van der Waals surface area contributed by atoms with E-state index >= 15 is 0 Å². The van der Waals surface area contributed by atoms with E-state index in [1.54, 1.807) is 12.1 Å². The van der Waals surface area contributed by atoms with E-state index in [-0.39, 0.29) is 35.1 Å². The van der Waals surface area contributed by atoms with Gasteiger partial charge in [-0.05, 0) is 73.9 Å². The van der Waals surface area contributed by atoms with Gasteiger partial charge in [-0.15, -0.1) is 0 Å². The Balaban J connectivity index is 1.25. The molecule has 0 radical (unpaired) electrons. The summed E-state index contributed by atoms with van der Waals surface area (Å²) in [6.07, 6.45) is 10.7. The van der Waals surface area contributed by atoms with Crippen molar-refractivity contribution in [2.24, 2.45) is 17.3 Å². The number of hydrogen-bond donors (Lipinski definition) is 3. The molecule has 4 unspecified atom stereocenters. The van der Waals surface area contributed by atoms with Crippen LogP contribution < -0.4 is 5.32 Å². The van der Waals surface area contributed by atoms with Crippen LogP contribution in [0.2, 0.25) is 0 Å². The van der Waals surface area contributed by atoms with Crippen LogP contribution in [0, 0.1) is 17.3 Å². The molecule has 2 heterocycles. The Hall–Kier alpha value is -2.53. The molecule has 5 nitrogen and oxygen atoms in total. The van der Waals surface area contributed by atoms with Crippen molar-refractivity contribution in [3.05, 3.63) is 53.3 Å². The summed E-state index contributed by atoms with van der Waals surface area (Å²) in [5.74, 6) is 0.268. The number of nitrogens with one attached hydrogen (secondary N) is 2. The number of aromatic nitrogens is 1. The highest BCUT2D eigenvalue weighted by molar-refractivity contribution is 5.84. The summed E-state index contributed by atoms with van der Waals surface area (Å²) < 4.78 is 5.83. The fraction of sp³-hybridized carbons (Fsp3) is 0.480. The topological polar surface area (TPSA) is 74.3 Å². The Morgan fingerprint density at radius 3 is 3.10 bits per heavy atom. The maximum atomic E-state index is 12.6. The number of H-pyrrole nitrogens is 1. The van der Waals surface area contributed by atoms with Gasteiger partial charge in [0.25, 0.3) is 0 Å². The first-order chi connectivity index (χ1) is 14.4. The minimum absolute atomic E-state index is 0.0144. The number of benzene rings is 1. The first-order valence-corrected chi connectivity index (χ1v) is 11.0. The molecular formula is C25H30N2O3. The maximum absolute atomic E-state index is 12.6. The second-order valence-corrected chi connectivity index (χ2v) is 9.43. The Bertz CT molecular complexity index is 1050. The van der Waals surface area contributed by atoms with Crippen LogP contribution in [0.4, 0.5) is 0 Å². The minimum Gasteiger partial charge on any atom is -0.508 e. The van der Waals surface area contributed by atoms with Crippen molar-refractivity contribution in [2.45, 2.75) is 45.6 Å². The second kappa shape index (κ2) is 7.31. The molecule has 2 aromatic rings. The predicted octanol–water partition coefficient (Wildman–Crippen LogP) is 4.24. The third-order valence-electron chi connectivity index (χ3n) is 7.38. The zero-order chi connectivity index (χ0) is 20.9. The number of allylic oxidation sites excluding steroid dienone is 3. The molecule has 1 aromatic heterocycles. The number of ether oxygens (including phenoxy) is 1. The largest absolute Gasteiger partial charge is 0.508 e. The summed E-state index contributed by atoms with van der Waals surface area (Å²) in [5, 5.41) is 14.3. The fourth-order valence-corrected chi connectivity index (χ4v) is 5.71. The van der Waals surface area contributed by atoms with Crippen molar-refractivity contribution in [1.82, 2.24) is 10.3 Å². The van der Waals surface area contributed by atoms with Gasteiger partial charge in [-0.25, -0.2) is 0 Å². The molecule has 0 bridgehead atoms. The summed E-state index contributed by atoms with van der Waals surface area (Å²) >= 11 is 0. The van der Waals surface area contributed by atoms with Gasteiger partial charge in [-0.2, -0.15) is 0 Å². The normalized spacial score (nSPS) is 30.5. The standard InChI is InChI=1S/C25H30N2O3/c1-15-4-3-8-25(2)12-23-19(11-21(15)25)20(24(29)30-23)14-26-9-7-16-13-27-22-6-5-17(28)10-18(16)22/h4-6,10-11,13,19-20,23,26-28H,3,7-9,12,14H2,1-2H3. The lowest BCUT2D eigenvalue weighted by Gasteiger charge is -2.42. The van der Waals surface area contributed by atoms with E-state index < -0.39 is 0 Å². The van der Waals surface area contributed by atoms with Crippen molar-refractivity contribution in [3.8, 4) is 5.75 Å². The molecule has 2 aliphatic carbocycles. The van der Waals surface area contributed by atoms with Crippen molar-refractivity contribution in [1.29, 1.82) is 0 Å². The van der Waals surface area contributed by atoms with E-state index in [0.29, 0.717) is 6.54 Å². The SMILES string of the molecule is CC1=CCCC2(C)CC3OC(=O)C(CNCCc4c[nH]c5ccc(O)cc45)C3C=C12. The zero-order valence-corrected chi connectivity index (χ0v) is 17.7. The van der Waals surface area contributed by atoms with Crippen LogP contribution in [0.25, 0.3) is 10.9 Å². The van der Waals surface area contributed by atoms with Crippen LogP contribution in [0.15, 0.2) is 47.7 Å². The molecular weight excluding hydrogens is 376 g/mol. The summed E-state index contributed by atoms with van der Waals surface area (Å²) in [7, 11) is 0. The lowest BCUT2D eigenvalue weighted by Crippen LogP contribution is -2.38.